The van der Waals surface area contributed by atoms with E-state index in [0.29, 0.717) is 12.1 Å². The van der Waals surface area contributed by atoms with Crippen molar-refractivity contribution in [1.29, 1.82) is 0 Å². The number of para-hydroxylation sites is 1. The highest BCUT2D eigenvalue weighted by Gasteiger charge is 2.33. The van der Waals surface area contributed by atoms with Crippen LogP contribution >= 0.6 is 0 Å². The Morgan fingerprint density at radius 3 is 2.72 bits per heavy atom. The fraction of sp³-hybridized carbons (Fsp3) is 0.364. The Morgan fingerprint density at radius 2 is 1.92 bits per heavy atom. The summed E-state index contributed by atoms with van der Waals surface area (Å²) in [7, 11) is 0. The molecular weight excluding hydrogens is 308 g/mol. The first-order valence-corrected chi connectivity index (χ1v) is 9.16. The second-order valence-corrected chi connectivity index (χ2v) is 7.36. The normalized spacial score (nSPS) is 23.0. The number of nitrogens with zero attached hydrogens (tertiary/aromatic N) is 1. The molecule has 1 fully saturated rings. The van der Waals surface area contributed by atoms with E-state index in [4.69, 9.17) is 4.42 Å². The summed E-state index contributed by atoms with van der Waals surface area (Å²) in [5.41, 5.74) is 3.56. The van der Waals surface area contributed by atoms with Crippen molar-refractivity contribution in [2.24, 2.45) is 0 Å². The van der Waals surface area contributed by atoms with Gasteiger partial charge < -0.3 is 9.73 Å². The zero-order valence-corrected chi connectivity index (χ0v) is 15.2. The summed E-state index contributed by atoms with van der Waals surface area (Å²) in [6, 6.07) is 20.4. The number of nitrogens with one attached hydrogen (secondary N) is 1. The third-order valence-corrected chi connectivity index (χ3v) is 5.22. The van der Waals surface area contributed by atoms with E-state index >= 15 is 0 Å². The van der Waals surface area contributed by atoms with Crippen molar-refractivity contribution in [3.63, 3.8) is 0 Å². The molecule has 130 valence electrons. The summed E-state index contributed by atoms with van der Waals surface area (Å²) in [5.74, 6) is 1.03. The van der Waals surface area contributed by atoms with Crippen LogP contribution in [-0.2, 0) is 0 Å². The first-order chi connectivity index (χ1) is 12.1. The molecule has 1 aliphatic rings. The molecule has 0 spiro atoms. The van der Waals surface area contributed by atoms with Crippen molar-refractivity contribution < 1.29 is 4.42 Å². The number of piperazine rings is 1. The van der Waals surface area contributed by atoms with Crippen LogP contribution in [0, 0.1) is 6.92 Å². The van der Waals surface area contributed by atoms with Gasteiger partial charge in [0.05, 0.1) is 6.04 Å². The van der Waals surface area contributed by atoms with Crippen molar-refractivity contribution in [3.8, 4) is 0 Å². The van der Waals surface area contributed by atoms with Gasteiger partial charge in [-0.1, -0.05) is 48.0 Å². The molecule has 0 amide bonds. The summed E-state index contributed by atoms with van der Waals surface area (Å²) >= 11 is 0. The number of hydrogen-bond acceptors (Lipinski definition) is 3. The second kappa shape index (κ2) is 6.66. The Morgan fingerprint density at radius 1 is 1.08 bits per heavy atom. The summed E-state index contributed by atoms with van der Waals surface area (Å²) in [4.78, 5) is 2.58. The zero-order chi connectivity index (χ0) is 17.4. The van der Waals surface area contributed by atoms with Crippen LogP contribution < -0.4 is 5.32 Å². The number of fused-ring (bicyclic) bond motifs is 1. The maximum atomic E-state index is 6.30. The lowest BCUT2D eigenvalue weighted by molar-refractivity contribution is 0.103. The Bertz CT molecular complexity index is 836. The predicted octanol–water partition coefficient (Wildman–Crippen LogP) is 4.51. The van der Waals surface area contributed by atoms with Gasteiger partial charge in [-0.15, -0.1) is 0 Å². The number of benzene rings is 2. The molecule has 0 bridgehead atoms. The van der Waals surface area contributed by atoms with E-state index in [1.54, 1.807) is 0 Å². The Balaban J connectivity index is 1.82. The predicted molar refractivity (Wildman–Crippen MR) is 103 cm³/mol. The zero-order valence-electron chi connectivity index (χ0n) is 15.2. The third-order valence-electron chi connectivity index (χ3n) is 5.22. The number of aryl methyl sites for hydroxylation is 1. The van der Waals surface area contributed by atoms with Gasteiger partial charge in [0, 0.05) is 30.6 Å². The maximum absolute atomic E-state index is 6.30. The summed E-state index contributed by atoms with van der Waals surface area (Å²) < 4.78 is 6.30. The highest BCUT2D eigenvalue weighted by molar-refractivity contribution is 5.78. The van der Waals surface area contributed by atoms with E-state index in [-0.39, 0.29) is 6.04 Å². The van der Waals surface area contributed by atoms with Gasteiger partial charge >= 0.3 is 0 Å². The highest BCUT2D eigenvalue weighted by atomic mass is 16.3. The van der Waals surface area contributed by atoms with Gasteiger partial charge in [0.25, 0.3) is 0 Å². The molecule has 1 aliphatic heterocycles. The number of furan rings is 1. The minimum Gasteiger partial charge on any atom is -0.459 e. The van der Waals surface area contributed by atoms with Crippen LogP contribution in [0.5, 0.6) is 0 Å². The molecule has 3 unspecified atom stereocenters. The van der Waals surface area contributed by atoms with E-state index in [2.05, 4.69) is 79.5 Å². The van der Waals surface area contributed by atoms with E-state index in [0.717, 1.165) is 24.4 Å². The molecule has 1 N–H and O–H groups in total. The molecule has 1 aromatic heterocycles. The summed E-state index contributed by atoms with van der Waals surface area (Å²) in [5, 5.41) is 4.76. The molecule has 3 aromatic rings. The van der Waals surface area contributed by atoms with Gasteiger partial charge in [0.15, 0.2) is 0 Å². The quantitative estimate of drug-likeness (QED) is 0.764. The van der Waals surface area contributed by atoms with Crippen molar-refractivity contribution in [1.82, 2.24) is 10.2 Å². The Labute approximate surface area is 149 Å². The average Bonchev–Trinajstić information content (AvgIpc) is 3.02. The average molecular weight is 334 g/mol. The minimum absolute atomic E-state index is 0.145. The van der Waals surface area contributed by atoms with Crippen LogP contribution in [-0.4, -0.2) is 30.1 Å². The van der Waals surface area contributed by atoms with Crippen molar-refractivity contribution in [2.75, 3.05) is 13.1 Å². The highest BCUT2D eigenvalue weighted by Crippen LogP contribution is 2.35. The van der Waals surface area contributed by atoms with Crippen molar-refractivity contribution >= 4 is 11.0 Å². The number of rotatable bonds is 3. The molecule has 3 atom stereocenters. The van der Waals surface area contributed by atoms with E-state index in [1.807, 2.05) is 6.07 Å². The molecule has 3 heteroatoms. The Hall–Kier alpha value is -2.10. The van der Waals surface area contributed by atoms with Gasteiger partial charge in [0.2, 0.25) is 0 Å². The second-order valence-electron chi connectivity index (χ2n) is 7.36. The first kappa shape index (κ1) is 16.4. The minimum atomic E-state index is 0.145. The molecule has 2 heterocycles. The largest absolute Gasteiger partial charge is 0.459 e. The fourth-order valence-electron chi connectivity index (χ4n) is 3.91. The molecule has 0 radical (unpaired) electrons. The lowest BCUT2D eigenvalue weighted by Crippen LogP contribution is -2.55. The molecule has 4 rings (SSSR count). The topological polar surface area (TPSA) is 28.4 Å². The van der Waals surface area contributed by atoms with Crippen LogP contribution in [0.4, 0.5) is 0 Å². The molecule has 0 aliphatic carbocycles. The van der Waals surface area contributed by atoms with Crippen LogP contribution in [0.3, 0.4) is 0 Å². The molecular formula is C22H26N2O. The lowest BCUT2D eigenvalue weighted by Gasteiger charge is -2.42. The SMILES string of the molecule is Cc1cccc(C(c2cc3ccccc3o2)N2CC(C)NCC2C)c1. The van der Waals surface area contributed by atoms with Crippen LogP contribution in [0.25, 0.3) is 11.0 Å². The lowest BCUT2D eigenvalue weighted by atomic mass is 9.97. The smallest absolute Gasteiger partial charge is 0.134 e. The molecule has 2 aromatic carbocycles. The third kappa shape index (κ3) is 3.22. The van der Waals surface area contributed by atoms with Gasteiger partial charge in [-0.25, -0.2) is 0 Å². The standard InChI is InChI=1S/C22H26N2O/c1-15-7-6-9-19(11-15)22(24-14-16(2)23-13-17(24)3)21-12-18-8-4-5-10-20(18)25-21/h4-12,16-17,22-23H,13-14H2,1-3H3. The molecule has 0 saturated carbocycles. The van der Waals surface area contributed by atoms with Crippen LogP contribution in [0.15, 0.2) is 59.0 Å². The fourth-order valence-corrected chi connectivity index (χ4v) is 3.91. The molecule has 25 heavy (non-hydrogen) atoms. The van der Waals surface area contributed by atoms with Crippen LogP contribution in [0.2, 0.25) is 0 Å². The molecule has 1 saturated heterocycles. The van der Waals surface area contributed by atoms with Crippen molar-refractivity contribution in [3.05, 3.63) is 71.5 Å². The van der Waals surface area contributed by atoms with Crippen LogP contribution in [0.1, 0.15) is 36.8 Å². The Kier molecular flexibility index (Phi) is 4.36. The van der Waals surface area contributed by atoms with Crippen molar-refractivity contribution in [2.45, 2.75) is 38.9 Å². The summed E-state index contributed by atoms with van der Waals surface area (Å²) in [6.45, 7) is 8.72. The first-order valence-electron chi connectivity index (χ1n) is 9.16. The number of hydrogen-bond donors (Lipinski definition) is 1. The summed E-state index contributed by atoms with van der Waals surface area (Å²) in [6.07, 6.45) is 0. The molecule has 3 nitrogen and oxygen atoms in total. The van der Waals surface area contributed by atoms with E-state index in [1.165, 1.54) is 16.5 Å². The van der Waals surface area contributed by atoms with Gasteiger partial charge in [-0.2, -0.15) is 0 Å². The van der Waals surface area contributed by atoms with E-state index < -0.39 is 0 Å². The van der Waals surface area contributed by atoms with E-state index in [9.17, 15) is 0 Å². The van der Waals surface area contributed by atoms with Gasteiger partial charge in [-0.3, -0.25) is 4.90 Å². The van der Waals surface area contributed by atoms with Gasteiger partial charge in [-0.05, 0) is 38.5 Å². The van der Waals surface area contributed by atoms with Gasteiger partial charge in [0.1, 0.15) is 11.3 Å². The monoisotopic (exact) mass is 334 g/mol. The maximum Gasteiger partial charge on any atom is 0.134 e.